The lowest BCUT2D eigenvalue weighted by atomic mass is 9.87. The molecule has 0 amide bonds. The van der Waals surface area contributed by atoms with Gasteiger partial charge < -0.3 is 5.73 Å². The van der Waals surface area contributed by atoms with Gasteiger partial charge in [0.1, 0.15) is 4.90 Å². The van der Waals surface area contributed by atoms with E-state index in [-0.39, 0.29) is 5.69 Å². The van der Waals surface area contributed by atoms with Gasteiger partial charge in [-0.1, -0.05) is 13.8 Å². The first kappa shape index (κ1) is 16.2. The van der Waals surface area contributed by atoms with Crippen LogP contribution in [0.3, 0.4) is 0 Å². The van der Waals surface area contributed by atoms with E-state index in [1.807, 2.05) is 0 Å². The van der Waals surface area contributed by atoms with Crippen molar-refractivity contribution >= 4 is 15.7 Å². The van der Waals surface area contributed by atoms with Crippen LogP contribution in [0.2, 0.25) is 0 Å². The summed E-state index contributed by atoms with van der Waals surface area (Å²) in [6, 6.07) is 1.75. The van der Waals surface area contributed by atoms with Gasteiger partial charge in [-0.3, -0.25) is 0 Å². The molecule has 7 heteroatoms. The smallest absolute Gasteiger partial charge is 0.246 e. The van der Waals surface area contributed by atoms with Crippen LogP contribution in [-0.4, -0.2) is 25.8 Å². The van der Waals surface area contributed by atoms with E-state index >= 15 is 0 Å². The Morgan fingerprint density at radius 2 is 1.81 bits per heavy atom. The molecule has 21 heavy (non-hydrogen) atoms. The lowest BCUT2D eigenvalue weighted by Gasteiger charge is -2.33. The molecule has 1 heterocycles. The molecule has 1 aromatic carbocycles. The van der Waals surface area contributed by atoms with E-state index in [0.717, 1.165) is 25.0 Å². The van der Waals surface area contributed by atoms with Gasteiger partial charge in [0.05, 0.1) is 0 Å². The highest BCUT2D eigenvalue weighted by Gasteiger charge is 2.33. The number of halogens is 2. The topological polar surface area (TPSA) is 63.4 Å². The summed E-state index contributed by atoms with van der Waals surface area (Å²) in [7, 11) is -4.05. The molecule has 1 aliphatic rings. The first-order valence-corrected chi connectivity index (χ1v) is 8.42. The van der Waals surface area contributed by atoms with Gasteiger partial charge in [0.15, 0.2) is 11.6 Å². The van der Waals surface area contributed by atoms with E-state index in [4.69, 9.17) is 5.73 Å². The van der Waals surface area contributed by atoms with Crippen LogP contribution >= 0.6 is 0 Å². The molecule has 0 saturated carbocycles. The van der Waals surface area contributed by atoms with Crippen LogP contribution in [0.15, 0.2) is 17.0 Å². The second-order valence-electron chi connectivity index (χ2n) is 5.80. The zero-order valence-corrected chi connectivity index (χ0v) is 13.0. The minimum atomic E-state index is -4.05. The highest BCUT2D eigenvalue weighted by molar-refractivity contribution is 7.89. The number of anilines is 1. The van der Waals surface area contributed by atoms with Gasteiger partial charge in [0, 0.05) is 18.8 Å². The van der Waals surface area contributed by atoms with E-state index in [1.165, 1.54) is 4.31 Å². The maximum Gasteiger partial charge on any atom is 0.246 e. The molecule has 0 atom stereocenters. The molecule has 0 aliphatic carbocycles. The summed E-state index contributed by atoms with van der Waals surface area (Å²) in [5, 5.41) is 0. The third-order valence-corrected chi connectivity index (χ3v) is 5.97. The summed E-state index contributed by atoms with van der Waals surface area (Å²) in [6.07, 6.45) is 1.45. The van der Waals surface area contributed by atoms with Crippen molar-refractivity contribution in [2.75, 3.05) is 18.8 Å². The van der Waals surface area contributed by atoms with Gasteiger partial charge in [-0.2, -0.15) is 4.31 Å². The fourth-order valence-electron chi connectivity index (χ4n) is 2.69. The predicted octanol–water partition coefficient (Wildman–Crippen LogP) is 2.60. The van der Waals surface area contributed by atoms with Crippen molar-refractivity contribution in [1.82, 2.24) is 4.31 Å². The van der Waals surface area contributed by atoms with Crippen LogP contribution in [0.1, 0.15) is 26.7 Å². The van der Waals surface area contributed by atoms with Gasteiger partial charge >= 0.3 is 0 Å². The third kappa shape index (κ3) is 3.18. The Labute approximate surface area is 124 Å². The molecule has 1 aliphatic heterocycles. The van der Waals surface area contributed by atoms with Crippen molar-refractivity contribution in [3.63, 3.8) is 0 Å². The molecule has 0 spiro atoms. The summed E-state index contributed by atoms with van der Waals surface area (Å²) < 4.78 is 53.3. The van der Waals surface area contributed by atoms with Crippen LogP contribution in [0.5, 0.6) is 0 Å². The molecule has 1 saturated heterocycles. The minimum Gasteiger partial charge on any atom is -0.399 e. The quantitative estimate of drug-likeness (QED) is 0.871. The van der Waals surface area contributed by atoms with Crippen molar-refractivity contribution in [2.45, 2.75) is 31.6 Å². The van der Waals surface area contributed by atoms with Gasteiger partial charge in [0.25, 0.3) is 0 Å². The molecule has 2 N–H and O–H groups in total. The Morgan fingerprint density at radius 3 is 2.33 bits per heavy atom. The molecule has 0 radical (unpaired) electrons. The Kier molecular flexibility index (Phi) is 4.53. The second-order valence-corrected chi connectivity index (χ2v) is 7.71. The number of nitrogens with zero attached hydrogens (tertiary/aromatic N) is 1. The molecular weight excluding hydrogens is 298 g/mol. The average molecular weight is 318 g/mol. The number of nitrogens with two attached hydrogens (primary N) is 1. The molecule has 1 fully saturated rings. The molecule has 0 aromatic heterocycles. The summed E-state index contributed by atoms with van der Waals surface area (Å²) in [5.41, 5.74) is 5.32. The van der Waals surface area contributed by atoms with Gasteiger partial charge in [-0.25, -0.2) is 17.2 Å². The number of hydrogen-bond acceptors (Lipinski definition) is 3. The second kappa shape index (κ2) is 5.88. The highest BCUT2D eigenvalue weighted by Crippen LogP contribution is 2.30. The zero-order valence-electron chi connectivity index (χ0n) is 12.1. The van der Waals surface area contributed by atoms with Crippen molar-refractivity contribution in [3.05, 3.63) is 23.8 Å². The molecular formula is C14H20F2N2O2S. The monoisotopic (exact) mass is 318 g/mol. The van der Waals surface area contributed by atoms with Gasteiger partial charge in [-0.05, 0) is 36.8 Å². The van der Waals surface area contributed by atoms with E-state index in [1.54, 1.807) is 0 Å². The van der Waals surface area contributed by atoms with Crippen LogP contribution in [0.25, 0.3) is 0 Å². The highest BCUT2D eigenvalue weighted by atomic mass is 32.2. The number of nitrogen functional groups attached to an aromatic ring is 1. The maximum atomic E-state index is 13.8. The Balaban J connectivity index is 2.28. The molecule has 2 rings (SSSR count). The number of piperidine rings is 1. The average Bonchev–Trinajstić information content (AvgIpc) is 2.42. The first-order valence-electron chi connectivity index (χ1n) is 6.98. The summed E-state index contributed by atoms with van der Waals surface area (Å²) in [5.74, 6) is -1.67. The Morgan fingerprint density at radius 1 is 1.24 bits per heavy atom. The van der Waals surface area contributed by atoms with Gasteiger partial charge in [0.2, 0.25) is 10.0 Å². The summed E-state index contributed by atoms with van der Waals surface area (Å²) >= 11 is 0. The third-order valence-electron chi connectivity index (χ3n) is 4.08. The van der Waals surface area contributed by atoms with Crippen LogP contribution in [0, 0.1) is 23.5 Å². The maximum absolute atomic E-state index is 13.8. The zero-order chi connectivity index (χ0) is 15.8. The number of hydrogen-bond donors (Lipinski definition) is 1. The SMILES string of the molecule is CC(C)C1CCN(S(=O)(=O)c2cc(N)cc(F)c2F)CC1. The van der Waals surface area contributed by atoms with Crippen LogP contribution in [0.4, 0.5) is 14.5 Å². The fraction of sp³-hybridized carbons (Fsp3) is 0.571. The standard InChI is InChI=1S/C14H20F2N2O2S/c1-9(2)10-3-5-18(6-4-10)21(19,20)13-8-11(17)7-12(15)14(13)16/h7-10H,3-6,17H2,1-2H3. The molecule has 118 valence electrons. The Bertz CT molecular complexity index is 624. The van der Waals surface area contributed by atoms with Gasteiger partial charge in [-0.15, -0.1) is 0 Å². The lowest BCUT2D eigenvalue weighted by Crippen LogP contribution is -2.39. The van der Waals surface area contributed by atoms with E-state index in [0.29, 0.717) is 24.9 Å². The Hall–Kier alpha value is -1.21. The van der Waals surface area contributed by atoms with Crippen LogP contribution in [-0.2, 0) is 10.0 Å². The van der Waals surface area contributed by atoms with Crippen molar-refractivity contribution in [2.24, 2.45) is 11.8 Å². The molecule has 1 aromatic rings. The predicted molar refractivity (Wildman–Crippen MR) is 77.1 cm³/mol. The molecule has 0 bridgehead atoms. The largest absolute Gasteiger partial charge is 0.399 e. The van der Waals surface area contributed by atoms with E-state index in [2.05, 4.69) is 13.8 Å². The van der Waals surface area contributed by atoms with E-state index in [9.17, 15) is 17.2 Å². The van der Waals surface area contributed by atoms with Crippen molar-refractivity contribution in [1.29, 1.82) is 0 Å². The number of benzene rings is 1. The number of rotatable bonds is 3. The van der Waals surface area contributed by atoms with E-state index < -0.39 is 26.6 Å². The van der Waals surface area contributed by atoms with Crippen molar-refractivity contribution in [3.8, 4) is 0 Å². The normalized spacial score (nSPS) is 18.3. The lowest BCUT2D eigenvalue weighted by molar-refractivity contribution is 0.226. The van der Waals surface area contributed by atoms with Crippen molar-refractivity contribution < 1.29 is 17.2 Å². The molecule has 4 nitrogen and oxygen atoms in total. The number of sulfonamides is 1. The first-order chi connectivity index (χ1) is 9.73. The summed E-state index contributed by atoms with van der Waals surface area (Å²) in [6.45, 7) is 4.84. The summed E-state index contributed by atoms with van der Waals surface area (Å²) in [4.78, 5) is -0.678. The molecule has 0 unspecified atom stereocenters. The fourth-order valence-corrected chi connectivity index (χ4v) is 4.27. The van der Waals surface area contributed by atoms with Crippen LogP contribution < -0.4 is 5.73 Å². The minimum absolute atomic E-state index is 0.107.